The van der Waals surface area contributed by atoms with Gasteiger partial charge in [0.25, 0.3) is 0 Å². The average molecular weight is 303 g/mol. The lowest BCUT2D eigenvalue weighted by molar-refractivity contribution is 0.0535. The first-order valence-electron chi connectivity index (χ1n) is 6.25. The van der Waals surface area contributed by atoms with Crippen molar-refractivity contribution in [2.24, 2.45) is 0 Å². The predicted molar refractivity (Wildman–Crippen MR) is 79.7 cm³/mol. The minimum atomic E-state index is -0.399. The number of benzene rings is 2. The van der Waals surface area contributed by atoms with Crippen molar-refractivity contribution in [2.75, 3.05) is 10.6 Å². The van der Waals surface area contributed by atoms with Gasteiger partial charge in [0.15, 0.2) is 0 Å². The number of hydrogen-bond donors (Lipinski definition) is 2. The maximum Gasteiger partial charge on any atom is 0.338 e. The molecule has 0 saturated heterocycles. The molecule has 0 aliphatic carbocycles. The molecule has 0 aromatic heterocycles. The summed E-state index contributed by atoms with van der Waals surface area (Å²) in [5, 5.41) is 5.93. The number of anilines is 2. The second-order valence-corrected chi connectivity index (χ2v) is 4.97. The number of cyclic esters (lactones) is 1. The summed E-state index contributed by atoms with van der Waals surface area (Å²) in [4.78, 5) is 23.3. The lowest BCUT2D eigenvalue weighted by atomic mass is 10.1. The Morgan fingerprint density at radius 1 is 1.05 bits per heavy atom. The smallest absolute Gasteiger partial charge is 0.338 e. The first-order chi connectivity index (χ1) is 10.1. The highest BCUT2D eigenvalue weighted by molar-refractivity contribution is 6.30. The maximum atomic E-state index is 11.9. The molecule has 3 rings (SSSR count). The van der Waals surface area contributed by atoms with Crippen molar-refractivity contribution in [3.05, 3.63) is 58.6 Å². The van der Waals surface area contributed by atoms with Crippen LogP contribution in [0.1, 0.15) is 15.9 Å². The number of nitrogens with one attached hydrogen (secondary N) is 2. The molecule has 106 valence electrons. The number of halogens is 1. The molecule has 0 atom stereocenters. The van der Waals surface area contributed by atoms with Gasteiger partial charge in [-0.1, -0.05) is 17.7 Å². The second kappa shape index (κ2) is 5.46. The third-order valence-electron chi connectivity index (χ3n) is 3.05. The van der Waals surface area contributed by atoms with Crippen LogP contribution < -0.4 is 10.6 Å². The number of carbonyl (C=O) groups excluding carboxylic acids is 2. The van der Waals surface area contributed by atoms with Crippen molar-refractivity contribution in [2.45, 2.75) is 6.61 Å². The summed E-state index contributed by atoms with van der Waals surface area (Å²) < 4.78 is 4.91. The third-order valence-corrected chi connectivity index (χ3v) is 3.30. The Morgan fingerprint density at radius 3 is 2.48 bits per heavy atom. The molecule has 1 heterocycles. The number of amides is 2. The van der Waals surface area contributed by atoms with Gasteiger partial charge >= 0.3 is 12.0 Å². The van der Waals surface area contributed by atoms with E-state index in [1.807, 2.05) is 0 Å². The number of ether oxygens (including phenoxy) is 1. The topological polar surface area (TPSA) is 67.4 Å². The lowest BCUT2D eigenvalue weighted by Gasteiger charge is -2.08. The van der Waals surface area contributed by atoms with Crippen molar-refractivity contribution < 1.29 is 14.3 Å². The van der Waals surface area contributed by atoms with Gasteiger partial charge in [0, 0.05) is 22.0 Å². The molecule has 21 heavy (non-hydrogen) atoms. The van der Waals surface area contributed by atoms with Gasteiger partial charge in [-0.2, -0.15) is 0 Å². The standard InChI is InChI=1S/C15H11ClN2O3/c16-10-2-5-11(6-3-10)17-15(20)18-12-4-1-9-8-21-14(19)13(9)7-12/h1-7H,8H2,(H2,17,18,20). The average Bonchev–Trinajstić information content (AvgIpc) is 2.83. The van der Waals surface area contributed by atoms with Crippen LogP contribution in [0.15, 0.2) is 42.5 Å². The first kappa shape index (κ1) is 13.5. The third kappa shape index (κ3) is 2.98. The molecule has 1 aliphatic rings. The van der Waals surface area contributed by atoms with Crippen LogP contribution in [0.4, 0.5) is 16.2 Å². The van der Waals surface area contributed by atoms with Crippen LogP contribution in [-0.4, -0.2) is 12.0 Å². The summed E-state index contributed by atoms with van der Waals surface area (Å²) in [7, 11) is 0. The van der Waals surface area contributed by atoms with Gasteiger partial charge in [0.1, 0.15) is 6.61 Å². The Balaban J connectivity index is 1.69. The van der Waals surface area contributed by atoms with E-state index in [2.05, 4.69) is 10.6 Å². The Bertz CT molecular complexity index is 713. The Kier molecular flexibility index (Phi) is 3.50. The zero-order valence-electron chi connectivity index (χ0n) is 10.9. The van der Waals surface area contributed by atoms with Crippen LogP contribution in [0.25, 0.3) is 0 Å². The molecule has 5 nitrogen and oxygen atoms in total. The minimum absolute atomic E-state index is 0.283. The van der Waals surface area contributed by atoms with Gasteiger partial charge in [0.2, 0.25) is 0 Å². The highest BCUT2D eigenvalue weighted by Gasteiger charge is 2.21. The van der Waals surface area contributed by atoms with E-state index in [1.165, 1.54) is 0 Å². The molecular formula is C15H11ClN2O3. The van der Waals surface area contributed by atoms with Gasteiger partial charge in [-0.25, -0.2) is 9.59 Å². The van der Waals surface area contributed by atoms with Crippen molar-refractivity contribution in [1.29, 1.82) is 0 Å². The molecular weight excluding hydrogens is 292 g/mol. The summed E-state index contributed by atoms with van der Waals surface area (Å²) in [5.41, 5.74) is 2.46. The number of fused-ring (bicyclic) bond motifs is 1. The Hall–Kier alpha value is -2.53. The van der Waals surface area contributed by atoms with Gasteiger partial charge in [-0.05, 0) is 36.4 Å². The van der Waals surface area contributed by atoms with E-state index in [4.69, 9.17) is 16.3 Å². The molecule has 0 spiro atoms. The van der Waals surface area contributed by atoms with E-state index < -0.39 is 6.03 Å². The van der Waals surface area contributed by atoms with Gasteiger partial charge in [-0.3, -0.25) is 0 Å². The van der Waals surface area contributed by atoms with Crippen LogP contribution in [-0.2, 0) is 11.3 Å². The molecule has 6 heteroatoms. The lowest BCUT2D eigenvalue weighted by Crippen LogP contribution is -2.19. The number of esters is 1. The molecule has 1 aliphatic heterocycles. The number of hydrogen-bond acceptors (Lipinski definition) is 3. The van der Waals surface area contributed by atoms with Crippen molar-refractivity contribution in [3.8, 4) is 0 Å². The highest BCUT2D eigenvalue weighted by Crippen LogP contribution is 2.23. The SMILES string of the molecule is O=C(Nc1ccc(Cl)cc1)Nc1ccc2c(c1)C(=O)OC2. The van der Waals surface area contributed by atoms with Crippen LogP contribution in [0.3, 0.4) is 0 Å². The van der Waals surface area contributed by atoms with Crippen LogP contribution in [0, 0.1) is 0 Å². The molecule has 0 unspecified atom stereocenters. The van der Waals surface area contributed by atoms with Crippen molar-refractivity contribution in [3.63, 3.8) is 0 Å². The molecule has 0 saturated carbocycles. The number of rotatable bonds is 2. The van der Waals surface area contributed by atoms with E-state index in [0.29, 0.717) is 22.0 Å². The first-order valence-corrected chi connectivity index (χ1v) is 6.63. The van der Waals surface area contributed by atoms with Gasteiger partial charge in [0.05, 0.1) is 5.56 Å². The van der Waals surface area contributed by atoms with E-state index in [0.717, 1.165) is 5.56 Å². The van der Waals surface area contributed by atoms with Crippen LogP contribution >= 0.6 is 11.6 Å². The summed E-state index contributed by atoms with van der Waals surface area (Å²) >= 11 is 5.77. The molecule has 2 amide bonds. The minimum Gasteiger partial charge on any atom is -0.457 e. The monoisotopic (exact) mass is 302 g/mol. The fourth-order valence-electron chi connectivity index (χ4n) is 2.02. The zero-order chi connectivity index (χ0) is 14.8. The van der Waals surface area contributed by atoms with E-state index in [9.17, 15) is 9.59 Å². The fraction of sp³-hybridized carbons (Fsp3) is 0.0667. The summed E-state index contributed by atoms with van der Waals surface area (Å²) in [6.45, 7) is 0.283. The van der Waals surface area contributed by atoms with Crippen molar-refractivity contribution in [1.82, 2.24) is 0 Å². The molecule has 2 N–H and O–H groups in total. The van der Waals surface area contributed by atoms with E-state index in [-0.39, 0.29) is 12.6 Å². The summed E-state index contributed by atoms with van der Waals surface area (Å²) in [6, 6.07) is 11.4. The normalized spacial score (nSPS) is 12.5. The maximum absolute atomic E-state index is 11.9. The largest absolute Gasteiger partial charge is 0.457 e. The summed E-state index contributed by atoms with van der Waals surface area (Å²) in [6.07, 6.45) is 0. The molecule has 0 bridgehead atoms. The fourth-order valence-corrected chi connectivity index (χ4v) is 2.14. The van der Waals surface area contributed by atoms with Gasteiger partial charge < -0.3 is 15.4 Å². The van der Waals surface area contributed by atoms with E-state index >= 15 is 0 Å². The predicted octanol–water partition coefficient (Wildman–Crippen LogP) is 3.65. The molecule has 2 aromatic rings. The molecule has 0 radical (unpaired) electrons. The van der Waals surface area contributed by atoms with Crippen LogP contribution in [0.2, 0.25) is 5.02 Å². The summed E-state index contributed by atoms with van der Waals surface area (Å²) in [5.74, 6) is -0.369. The number of carbonyl (C=O) groups is 2. The quantitative estimate of drug-likeness (QED) is 0.832. The van der Waals surface area contributed by atoms with Crippen molar-refractivity contribution >= 4 is 35.0 Å². The molecule has 2 aromatic carbocycles. The van der Waals surface area contributed by atoms with Crippen LogP contribution in [0.5, 0.6) is 0 Å². The zero-order valence-corrected chi connectivity index (χ0v) is 11.6. The molecule has 0 fully saturated rings. The Labute approximate surface area is 125 Å². The van der Waals surface area contributed by atoms with E-state index in [1.54, 1.807) is 42.5 Å². The second-order valence-electron chi connectivity index (χ2n) is 4.53. The Morgan fingerprint density at radius 2 is 1.71 bits per heavy atom. The van der Waals surface area contributed by atoms with Gasteiger partial charge in [-0.15, -0.1) is 0 Å². The number of urea groups is 1. The highest BCUT2D eigenvalue weighted by atomic mass is 35.5.